The lowest BCUT2D eigenvalue weighted by atomic mass is 10.0. The van der Waals surface area contributed by atoms with Crippen molar-refractivity contribution in [2.24, 2.45) is 0 Å². The van der Waals surface area contributed by atoms with Gasteiger partial charge in [-0.15, -0.1) is 0 Å². The zero-order valence-electron chi connectivity index (χ0n) is 12.7. The van der Waals surface area contributed by atoms with Gasteiger partial charge in [-0.05, 0) is 44.0 Å². The minimum atomic E-state index is -0.726. The Kier molecular flexibility index (Phi) is 7.32. The van der Waals surface area contributed by atoms with E-state index in [-0.39, 0.29) is 6.04 Å². The molecular weight excluding hydrogens is 254 g/mol. The Balaban J connectivity index is 2.62. The number of unbranched alkanes of at least 4 members (excludes halogenated alkanes) is 2. The normalized spacial score (nSPS) is 14.3. The molecule has 19 heavy (non-hydrogen) atoms. The van der Waals surface area contributed by atoms with Crippen LogP contribution < -0.4 is 5.32 Å². The highest BCUT2D eigenvalue weighted by Crippen LogP contribution is 2.18. The summed E-state index contributed by atoms with van der Waals surface area (Å²) in [7, 11) is 1.22. The van der Waals surface area contributed by atoms with Crippen molar-refractivity contribution in [3.05, 3.63) is 34.9 Å². The number of benzene rings is 1. The molecule has 0 aromatic heterocycles. The number of rotatable bonds is 8. The topological polar surface area (TPSA) is 29.1 Å². The lowest BCUT2D eigenvalue weighted by molar-refractivity contribution is 0.632. The number of hydrogen-bond acceptors (Lipinski definition) is 2. The lowest BCUT2D eigenvalue weighted by Gasteiger charge is -2.17. The van der Waals surface area contributed by atoms with Crippen LogP contribution in [0, 0.1) is 13.8 Å². The van der Waals surface area contributed by atoms with Crippen LogP contribution >= 0.6 is 0 Å². The summed E-state index contributed by atoms with van der Waals surface area (Å²) in [6, 6.07) is 6.70. The summed E-state index contributed by atoms with van der Waals surface area (Å²) in [5.74, 6) is 1.54. The Bertz CT molecular complexity index is 417. The zero-order valence-corrected chi connectivity index (χ0v) is 13.5. The molecule has 0 saturated carbocycles. The van der Waals surface area contributed by atoms with Crippen LogP contribution in [0.25, 0.3) is 0 Å². The largest absolute Gasteiger partial charge is 0.312 e. The van der Waals surface area contributed by atoms with Gasteiger partial charge in [0.1, 0.15) is 0 Å². The minimum absolute atomic E-state index is 0.196. The van der Waals surface area contributed by atoms with Crippen molar-refractivity contribution < 1.29 is 4.21 Å². The van der Waals surface area contributed by atoms with Gasteiger partial charge in [0, 0.05) is 28.3 Å². The molecule has 0 radical (unpaired) electrons. The van der Waals surface area contributed by atoms with Crippen LogP contribution in [-0.2, 0) is 10.8 Å². The van der Waals surface area contributed by atoms with Gasteiger partial charge in [-0.1, -0.05) is 38.0 Å². The van der Waals surface area contributed by atoms with Crippen molar-refractivity contribution in [3.63, 3.8) is 0 Å². The number of nitrogens with one attached hydrogen (secondary N) is 1. The molecule has 108 valence electrons. The SMILES string of the molecule is CCCCCS(=O)CC(NC)c1ccc(C)c(C)c1. The summed E-state index contributed by atoms with van der Waals surface area (Å²) >= 11 is 0. The van der Waals surface area contributed by atoms with Crippen LogP contribution in [-0.4, -0.2) is 22.8 Å². The molecule has 1 aromatic rings. The van der Waals surface area contributed by atoms with E-state index in [4.69, 9.17) is 0 Å². The highest BCUT2D eigenvalue weighted by Gasteiger charge is 2.13. The van der Waals surface area contributed by atoms with Crippen molar-refractivity contribution in [3.8, 4) is 0 Å². The highest BCUT2D eigenvalue weighted by atomic mass is 32.2. The summed E-state index contributed by atoms with van der Waals surface area (Å²) in [6.45, 7) is 6.43. The van der Waals surface area contributed by atoms with E-state index in [0.717, 1.165) is 12.2 Å². The molecule has 0 fully saturated rings. The standard InChI is InChI=1S/C16H27NOS/c1-5-6-7-10-19(18)12-16(17-4)15-9-8-13(2)14(3)11-15/h8-9,11,16-17H,5-7,10,12H2,1-4H3. The maximum absolute atomic E-state index is 12.1. The second kappa shape index (κ2) is 8.49. The van der Waals surface area contributed by atoms with Gasteiger partial charge >= 0.3 is 0 Å². The minimum Gasteiger partial charge on any atom is -0.312 e. The first kappa shape index (κ1) is 16.4. The van der Waals surface area contributed by atoms with Crippen molar-refractivity contribution in [1.82, 2.24) is 5.32 Å². The van der Waals surface area contributed by atoms with E-state index in [1.54, 1.807) is 0 Å². The number of hydrogen-bond donors (Lipinski definition) is 1. The summed E-state index contributed by atoms with van der Waals surface area (Å²) < 4.78 is 12.1. The fraction of sp³-hybridized carbons (Fsp3) is 0.625. The quantitative estimate of drug-likeness (QED) is 0.739. The van der Waals surface area contributed by atoms with E-state index in [1.807, 2.05) is 7.05 Å². The molecule has 1 N–H and O–H groups in total. The van der Waals surface area contributed by atoms with Crippen LogP contribution in [0.3, 0.4) is 0 Å². The predicted molar refractivity (Wildman–Crippen MR) is 85.1 cm³/mol. The molecule has 0 aliphatic rings. The zero-order chi connectivity index (χ0) is 14.3. The summed E-state index contributed by atoms with van der Waals surface area (Å²) in [4.78, 5) is 0. The van der Waals surface area contributed by atoms with Crippen LogP contribution in [0.1, 0.15) is 48.9 Å². The Morgan fingerprint density at radius 3 is 2.53 bits per heavy atom. The summed E-state index contributed by atoms with van der Waals surface area (Å²) in [5.41, 5.74) is 3.85. The van der Waals surface area contributed by atoms with Crippen molar-refractivity contribution in [2.75, 3.05) is 18.6 Å². The molecule has 1 aromatic carbocycles. The summed E-state index contributed by atoms with van der Waals surface area (Å²) in [5, 5.41) is 3.29. The van der Waals surface area contributed by atoms with E-state index in [9.17, 15) is 4.21 Å². The smallest absolute Gasteiger partial charge is 0.0434 e. The van der Waals surface area contributed by atoms with E-state index >= 15 is 0 Å². The molecule has 0 amide bonds. The van der Waals surface area contributed by atoms with E-state index < -0.39 is 10.8 Å². The second-order valence-electron chi connectivity index (χ2n) is 5.20. The third-order valence-electron chi connectivity index (χ3n) is 3.61. The monoisotopic (exact) mass is 281 g/mol. The Morgan fingerprint density at radius 2 is 1.95 bits per heavy atom. The molecule has 2 atom stereocenters. The average molecular weight is 281 g/mol. The van der Waals surface area contributed by atoms with Crippen LogP contribution in [0.2, 0.25) is 0 Å². The van der Waals surface area contributed by atoms with Gasteiger partial charge in [-0.2, -0.15) is 0 Å². The van der Waals surface area contributed by atoms with Gasteiger partial charge in [0.2, 0.25) is 0 Å². The molecule has 0 aliphatic heterocycles. The fourth-order valence-electron chi connectivity index (χ4n) is 2.11. The van der Waals surface area contributed by atoms with Gasteiger partial charge in [0.05, 0.1) is 0 Å². The van der Waals surface area contributed by atoms with E-state index in [1.165, 1.54) is 29.5 Å². The molecule has 2 unspecified atom stereocenters. The average Bonchev–Trinajstić information content (AvgIpc) is 2.39. The molecule has 1 rings (SSSR count). The van der Waals surface area contributed by atoms with Gasteiger partial charge in [-0.3, -0.25) is 4.21 Å². The molecule has 0 saturated heterocycles. The molecule has 0 aliphatic carbocycles. The number of aryl methyl sites for hydroxylation is 2. The van der Waals surface area contributed by atoms with Crippen LogP contribution in [0.15, 0.2) is 18.2 Å². The fourth-order valence-corrected chi connectivity index (χ4v) is 3.53. The molecular formula is C16H27NOS. The van der Waals surface area contributed by atoms with Gasteiger partial charge in [0.15, 0.2) is 0 Å². The van der Waals surface area contributed by atoms with Gasteiger partial charge < -0.3 is 5.32 Å². The van der Waals surface area contributed by atoms with Crippen molar-refractivity contribution in [2.45, 2.75) is 46.1 Å². The Labute approximate surface area is 120 Å². The Hall–Kier alpha value is -0.670. The highest BCUT2D eigenvalue weighted by molar-refractivity contribution is 7.85. The molecule has 2 nitrogen and oxygen atoms in total. The first-order valence-electron chi connectivity index (χ1n) is 7.17. The summed E-state index contributed by atoms with van der Waals surface area (Å²) in [6.07, 6.45) is 3.44. The van der Waals surface area contributed by atoms with Gasteiger partial charge in [-0.25, -0.2) is 0 Å². The molecule has 0 spiro atoms. The first-order chi connectivity index (χ1) is 9.08. The van der Waals surface area contributed by atoms with Crippen LogP contribution in [0.5, 0.6) is 0 Å². The van der Waals surface area contributed by atoms with Crippen LogP contribution in [0.4, 0.5) is 0 Å². The van der Waals surface area contributed by atoms with Crippen molar-refractivity contribution in [1.29, 1.82) is 0 Å². The van der Waals surface area contributed by atoms with Gasteiger partial charge in [0.25, 0.3) is 0 Å². The Morgan fingerprint density at radius 1 is 1.21 bits per heavy atom. The van der Waals surface area contributed by atoms with E-state index in [2.05, 4.69) is 44.3 Å². The maximum atomic E-state index is 12.1. The molecule has 3 heteroatoms. The predicted octanol–water partition coefficient (Wildman–Crippen LogP) is 3.50. The second-order valence-corrected chi connectivity index (χ2v) is 6.82. The van der Waals surface area contributed by atoms with Crippen molar-refractivity contribution >= 4 is 10.8 Å². The lowest BCUT2D eigenvalue weighted by Crippen LogP contribution is -2.23. The maximum Gasteiger partial charge on any atom is 0.0434 e. The first-order valence-corrected chi connectivity index (χ1v) is 8.66. The molecule has 0 bridgehead atoms. The van der Waals surface area contributed by atoms with E-state index in [0.29, 0.717) is 5.75 Å². The third kappa shape index (κ3) is 5.45. The molecule has 0 heterocycles. The third-order valence-corrected chi connectivity index (χ3v) is 5.06.